The molecule has 7 heteroatoms. The van der Waals surface area contributed by atoms with E-state index in [9.17, 15) is 0 Å². The quantitative estimate of drug-likeness (QED) is 0.814. The molecule has 0 amide bonds. The molecule has 2 aromatic heterocycles. The molecule has 2 unspecified atom stereocenters. The van der Waals surface area contributed by atoms with Crippen LogP contribution < -0.4 is 0 Å². The van der Waals surface area contributed by atoms with E-state index >= 15 is 0 Å². The molecule has 2 bridgehead atoms. The molecule has 0 spiro atoms. The second-order valence-electron chi connectivity index (χ2n) is 7.51. The van der Waals surface area contributed by atoms with Crippen molar-refractivity contribution in [2.75, 3.05) is 0 Å². The summed E-state index contributed by atoms with van der Waals surface area (Å²) in [4.78, 5) is 12.2. The number of fused-ring (bicyclic) bond motifs is 4. The molecule has 134 valence electrons. The summed E-state index contributed by atoms with van der Waals surface area (Å²) in [6, 6.07) is 1.00. The van der Waals surface area contributed by atoms with Crippen molar-refractivity contribution in [3.8, 4) is 0 Å². The molecule has 5 nitrogen and oxygen atoms in total. The number of rotatable bonds is 3. The highest BCUT2D eigenvalue weighted by Crippen LogP contribution is 2.45. The van der Waals surface area contributed by atoms with E-state index in [0.717, 1.165) is 35.2 Å². The van der Waals surface area contributed by atoms with Crippen molar-refractivity contribution in [2.45, 2.75) is 63.6 Å². The van der Waals surface area contributed by atoms with Crippen molar-refractivity contribution >= 4 is 24.0 Å². The van der Waals surface area contributed by atoms with Gasteiger partial charge in [-0.3, -0.25) is 9.58 Å². The normalized spacial score (nSPS) is 24.9. The maximum atomic E-state index is 6.46. The molecule has 2 aromatic rings. The maximum Gasteiger partial charge on any atom is 0.131 e. The fourth-order valence-corrected chi connectivity index (χ4v) is 4.64. The smallest absolute Gasteiger partial charge is 0.131 e. The van der Waals surface area contributed by atoms with Crippen molar-refractivity contribution in [3.05, 3.63) is 39.7 Å². The van der Waals surface area contributed by atoms with E-state index in [1.54, 1.807) is 4.68 Å². The van der Waals surface area contributed by atoms with Crippen LogP contribution in [0.15, 0.2) is 6.20 Å². The molecule has 25 heavy (non-hydrogen) atoms. The molecule has 1 saturated carbocycles. The molecular weight excluding hydrogens is 357 g/mol. The predicted octanol–water partition coefficient (Wildman–Crippen LogP) is 3.73. The Bertz CT molecular complexity index is 814. The van der Waals surface area contributed by atoms with Crippen LogP contribution in [0.3, 0.4) is 0 Å². The van der Waals surface area contributed by atoms with Gasteiger partial charge in [0.2, 0.25) is 0 Å². The monoisotopic (exact) mass is 379 g/mol. The molecule has 2 atom stereocenters. The number of hydrogen-bond donors (Lipinski definition) is 0. The van der Waals surface area contributed by atoms with Gasteiger partial charge in [-0.1, -0.05) is 11.6 Å². The summed E-state index contributed by atoms with van der Waals surface area (Å²) in [5.41, 5.74) is 4.83. The maximum absolute atomic E-state index is 6.46. The number of aromatic nitrogens is 4. The van der Waals surface area contributed by atoms with E-state index in [4.69, 9.17) is 16.6 Å². The van der Waals surface area contributed by atoms with Crippen LogP contribution in [-0.4, -0.2) is 30.7 Å². The standard InChI is InChI=1S/C18H22ClN5.ClH/c1-10-14(17(19)23(2)22-10)9-24-12-5-6-16(24)13-8-20-18(11-3-4-11)21-15(13)7-12;/h8,11-12,16H,3-7,9H2,1-2H3;1H. The Morgan fingerprint density at radius 1 is 1.24 bits per heavy atom. The minimum Gasteiger partial charge on any atom is -0.288 e. The Balaban J connectivity index is 0.00000157. The number of nitrogens with zero attached hydrogens (tertiary/aromatic N) is 5. The Morgan fingerprint density at radius 3 is 2.72 bits per heavy atom. The van der Waals surface area contributed by atoms with Gasteiger partial charge in [-0.25, -0.2) is 9.97 Å². The summed E-state index contributed by atoms with van der Waals surface area (Å²) in [6.45, 7) is 2.92. The summed E-state index contributed by atoms with van der Waals surface area (Å²) in [6.07, 6.45) is 8.10. The predicted molar refractivity (Wildman–Crippen MR) is 99.2 cm³/mol. The lowest BCUT2D eigenvalue weighted by atomic mass is 9.98. The van der Waals surface area contributed by atoms with Gasteiger partial charge in [0.05, 0.1) is 11.4 Å². The number of hydrogen-bond acceptors (Lipinski definition) is 4. The van der Waals surface area contributed by atoms with Crippen LogP contribution in [-0.2, 0) is 20.0 Å². The Hall–Kier alpha value is -1.17. The summed E-state index contributed by atoms with van der Waals surface area (Å²) in [5, 5.41) is 5.22. The summed E-state index contributed by atoms with van der Waals surface area (Å²) in [5.74, 6) is 1.70. The first-order valence-electron chi connectivity index (χ1n) is 8.91. The van der Waals surface area contributed by atoms with Crippen molar-refractivity contribution in [1.82, 2.24) is 24.6 Å². The second-order valence-corrected chi connectivity index (χ2v) is 7.86. The third-order valence-corrected chi connectivity index (χ3v) is 6.38. The average molecular weight is 380 g/mol. The second kappa shape index (κ2) is 6.22. The summed E-state index contributed by atoms with van der Waals surface area (Å²) < 4.78 is 1.77. The van der Waals surface area contributed by atoms with Gasteiger partial charge in [-0.15, -0.1) is 12.4 Å². The summed E-state index contributed by atoms with van der Waals surface area (Å²) >= 11 is 6.46. The van der Waals surface area contributed by atoms with Crippen molar-refractivity contribution in [2.24, 2.45) is 7.05 Å². The zero-order chi connectivity index (χ0) is 16.4. The Labute approximate surface area is 159 Å². The molecule has 0 aromatic carbocycles. The molecule has 3 aliphatic rings. The third-order valence-electron chi connectivity index (χ3n) is 5.90. The molecular formula is C18H23Cl2N5. The zero-order valence-corrected chi connectivity index (χ0v) is 16.1. The first-order chi connectivity index (χ1) is 11.6. The fraction of sp³-hybridized carbons (Fsp3) is 0.611. The lowest BCUT2D eigenvalue weighted by molar-refractivity contribution is 0.165. The SMILES string of the molecule is Cc1nn(C)c(Cl)c1CN1C2CCC1c1cnc(C3CC3)nc1C2.Cl. The van der Waals surface area contributed by atoms with Crippen LogP contribution in [0.2, 0.25) is 5.15 Å². The van der Waals surface area contributed by atoms with Gasteiger partial charge in [-0.2, -0.15) is 5.10 Å². The highest BCUT2D eigenvalue weighted by molar-refractivity contribution is 6.30. The molecule has 0 N–H and O–H groups in total. The third kappa shape index (κ3) is 2.77. The van der Waals surface area contributed by atoms with Crippen LogP contribution in [0, 0.1) is 6.92 Å². The van der Waals surface area contributed by atoms with E-state index in [1.165, 1.54) is 36.9 Å². The Kier molecular flexibility index (Phi) is 4.29. The Morgan fingerprint density at radius 2 is 2.04 bits per heavy atom. The highest BCUT2D eigenvalue weighted by atomic mass is 35.5. The zero-order valence-electron chi connectivity index (χ0n) is 14.6. The van der Waals surface area contributed by atoms with Crippen LogP contribution in [0.25, 0.3) is 0 Å². The summed E-state index contributed by atoms with van der Waals surface area (Å²) in [7, 11) is 1.91. The van der Waals surface area contributed by atoms with Crippen molar-refractivity contribution < 1.29 is 0 Å². The van der Waals surface area contributed by atoms with Crippen LogP contribution >= 0.6 is 24.0 Å². The lowest BCUT2D eigenvalue weighted by Gasteiger charge is -2.35. The number of halogens is 2. The van der Waals surface area contributed by atoms with E-state index in [-0.39, 0.29) is 12.4 Å². The molecule has 4 heterocycles. The first-order valence-corrected chi connectivity index (χ1v) is 9.29. The van der Waals surface area contributed by atoms with Crippen LogP contribution in [0.4, 0.5) is 0 Å². The molecule has 1 saturated heterocycles. The van der Waals surface area contributed by atoms with Gasteiger partial charge < -0.3 is 0 Å². The van der Waals surface area contributed by atoms with Gasteiger partial charge in [0, 0.05) is 55.3 Å². The van der Waals surface area contributed by atoms with E-state index < -0.39 is 0 Å². The lowest BCUT2D eigenvalue weighted by Crippen LogP contribution is -2.37. The van der Waals surface area contributed by atoms with Crippen molar-refractivity contribution in [1.29, 1.82) is 0 Å². The van der Waals surface area contributed by atoms with Crippen LogP contribution in [0.1, 0.15) is 66.0 Å². The van der Waals surface area contributed by atoms with Gasteiger partial charge in [0.15, 0.2) is 0 Å². The van der Waals surface area contributed by atoms with Crippen LogP contribution in [0.5, 0.6) is 0 Å². The highest BCUT2D eigenvalue weighted by Gasteiger charge is 2.42. The topological polar surface area (TPSA) is 46.8 Å². The minimum absolute atomic E-state index is 0. The van der Waals surface area contributed by atoms with Gasteiger partial charge in [0.1, 0.15) is 11.0 Å². The largest absolute Gasteiger partial charge is 0.288 e. The first kappa shape index (κ1) is 17.3. The van der Waals surface area contributed by atoms with Crippen molar-refractivity contribution in [3.63, 3.8) is 0 Å². The molecule has 5 rings (SSSR count). The number of aryl methyl sites for hydroxylation is 2. The molecule has 1 aliphatic carbocycles. The molecule has 2 aliphatic heterocycles. The van der Waals surface area contributed by atoms with Gasteiger partial charge in [0.25, 0.3) is 0 Å². The van der Waals surface area contributed by atoms with E-state index in [1.807, 2.05) is 14.0 Å². The minimum atomic E-state index is 0. The fourth-order valence-electron chi connectivity index (χ4n) is 4.41. The average Bonchev–Trinajstić information content (AvgIpc) is 3.33. The van der Waals surface area contributed by atoms with E-state index in [2.05, 4.69) is 21.2 Å². The van der Waals surface area contributed by atoms with E-state index in [0.29, 0.717) is 18.0 Å². The molecule has 0 radical (unpaired) electrons. The van der Waals surface area contributed by atoms with Gasteiger partial charge >= 0.3 is 0 Å². The molecule has 2 fully saturated rings. The van der Waals surface area contributed by atoms with Gasteiger partial charge in [-0.05, 0) is 32.6 Å².